The molecule has 4 fully saturated rings. The van der Waals surface area contributed by atoms with Crippen molar-refractivity contribution in [2.75, 3.05) is 0 Å². The molecule has 4 saturated carbocycles. The Balaban J connectivity index is 1.53. The quantitative estimate of drug-likeness (QED) is 0.846. The van der Waals surface area contributed by atoms with Crippen LogP contribution < -0.4 is 0 Å². The number of alkyl halides is 3. The van der Waals surface area contributed by atoms with Crippen molar-refractivity contribution in [2.24, 2.45) is 28.3 Å². The van der Waals surface area contributed by atoms with Crippen LogP contribution in [0.15, 0.2) is 5.10 Å². The maximum atomic E-state index is 13.1. The molecule has 0 unspecified atom stereocenters. The lowest BCUT2D eigenvalue weighted by atomic mass is 9.49. The average molecular weight is 330 g/mol. The molecule has 1 aliphatic heterocycles. The molecule has 4 aliphatic carbocycles. The molecule has 7 heteroatoms. The topological polar surface area (TPSA) is 52.9 Å². The molecule has 0 aromatic heterocycles. The Morgan fingerprint density at radius 2 is 1.70 bits per heavy atom. The molecular formula is C16H21F3N2O2. The summed E-state index contributed by atoms with van der Waals surface area (Å²) in [5.74, 6) is 1.17. The van der Waals surface area contributed by atoms with Crippen LogP contribution in [0.25, 0.3) is 0 Å². The van der Waals surface area contributed by atoms with Crippen molar-refractivity contribution in [1.29, 1.82) is 0 Å². The second-order valence-corrected chi connectivity index (χ2v) is 8.12. The minimum absolute atomic E-state index is 0.0756. The molecule has 0 saturated heterocycles. The van der Waals surface area contributed by atoms with Gasteiger partial charge >= 0.3 is 6.18 Å². The Kier molecular flexibility index (Phi) is 3.16. The number of hydrogen-bond acceptors (Lipinski definition) is 3. The first-order chi connectivity index (χ1) is 10.7. The minimum Gasteiger partial charge on any atom is -0.362 e. The van der Waals surface area contributed by atoms with Crippen LogP contribution in [0.4, 0.5) is 13.2 Å². The number of aliphatic hydroxyl groups is 1. The van der Waals surface area contributed by atoms with Crippen LogP contribution in [0, 0.1) is 23.2 Å². The molecule has 0 spiro atoms. The van der Waals surface area contributed by atoms with E-state index in [1.54, 1.807) is 0 Å². The predicted octanol–water partition coefficient (Wildman–Crippen LogP) is 3.06. The van der Waals surface area contributed by atoms with Gasteiger partial charge in [0.2, 0.25) is 5.91 Å². The van der Waals surface area contributed by atoms with Crippen LogP contribution in [0.2, 0.25) is 0 Å². The van der Waals surface area contributed by atoms with E-state index in [0.29, 0.717) is 17.8 Å². The highest BCUT2D eigenvalue weighted by Gasteiger charge is 2.62. The van der Waals surface area contributed by atoms with Crippen LogP contribution >= 0.6 is 0 Å². The summed E-state index contributed by atoms with van der Waals surface area (Å²) in [6.07, 6.45) is 1.90. The third-order valence-electron chi connectivity index (χ3n) is 6.30. The fourth-order valence-corrected chi connectivity index (χ4v) is 5.84. The summed E-state index contributed by atoms with van der Waals surface area (Å²) in [6.45, 7) is 0. The normalized spacial score (nSPS) is 45.0. The summed E-state index contributed by atoms with van der Waals surface area (Å²) in [6, 6.07) is 0. The second-order valence-electron chi connectivity index (χ2n) is 8.12. The molecule has 128 valence electrons. The molecule has 5 aliphatic rings. The number of carbonyl (C=O) groups excluding carboxylic acids is 1. The first kappa shape index (κ1) is 15.4. The van der Waals surface area contributed by atoms with Gasteiger partial charge in [0.25, 0.3) is 5.72 Å². The van der Waals surface area contributed by atoms with Gasteiger partial charge in [0.05, 0.1) is 0 Å². The lowest BCUT2D eigenvalue weighted by Gasteiger charge is -2.57. The third-order valence-corrected chi connectivity index (χ3v) is 6.30. The molecular weight excluding hydrogens is 309 g/mol. The van der Waals surface area contributed by atoms with E-state index in [9.17, 15) is 23.1 Å². The summed E-state index contributed by atoms with van der Waals surface area (Å²) in [5, 5.41) is 13.8. The Labute approximate surface area is 132 Å². The zero-order chi connectivity index (χ0) is 16.5. The maximum Gasteiger partial charge on any atom is 0.438 e. The van der Waals surface area contributed by atoms with Gasteiger partial charge in [-0.1, -0.05) is 0 Å². The number of nitrogens with zero attached hydrogens (tertiary/aromatic N) is 2. The number of hydrazone groups is 1. The molecule has 23 heavy (non-hydrogen) atoms. The Morgan fingerprint density at radius 3 is 2.17 bits per heavy atom. The average Bonchev–Trinajstić information content (AvgIpc) is 2.79. The van der Waals surface area contributed by atoms with Crippen molar-refractivity contribution >= 4 is 12.1 Å². The summed E-state index contributed by atoms with van der Waals surface area (Å²) < 4.78 is 39.4. The van der Waals surface area contributed by atoms with Crippen molar-refractivity contribution in [3.63, 3.8) is 0 Å². The van der Waals surface area contributed by atoms with E-state index >= 15 is 0 Å². The van der Waals surface area contributed by atoms with Crippen LogP contribution in [0.5, 0.6) is 0 Å². The number of hydrogen-bond donors (Lipinski definition) is 1. The van der Waals surface area contributed by atoms with Gasteiger partial charge in [-0.2, -0.15) is 23.3 Å². The molecule has 1 amide bonds. The van der Waals surface area contributed by atoms with Crippen molar-refractivity contribution in [1.82, 2.24) is 5.01 Å². The molecule has 0 aromatic rings. The standard InChI is InChI=1S/C16H21F3N2O2/c17-16(18,19)15(23)1-2-20-21(15)13(22)9-14-6-10-3-11(7-14)5-12(4-10)8-14/h2,10-12,23H,1,3-9H2/t10?,11?,12?,14?,15-/m1/s1. The number of halogens is 3. The van der Waals surface area contributed by atoms with E-state index in [4.69, 9.17) is 0 Å². The van der Waals surface area contributed by atoms with Gasteiger partial charge in [-0.15, -0.1) is 0 Å². The minimum atomic E-state index is -4.90. The van der Waals surface area contributed by atoms with Gasteiger partial charge in [-0.3, -0.25) is 4.79 Å². The van der Waals surface area contributed by atoms with Gasteiger partial charge in [0.15, 0.2) is 0 Å². The Morgan fingerprint density at radius 1 is 1.17 bits per heavy atom. The van der Waals surface area contributed by atoms with E-state index in [-0.39, 0.29) is 16.8 Å². The Hall–Kier alpha value is -1.11. The van der Waals surface area contributed by atoms with Crippen molar-refractivity contribution in [3.8, 4) is 0 Å². The summed E-state index contributed by atoms with van der Waals surface area (Å²) in [4.78, 5) is 12.5. The number of carbonyl (C=O) groups is 1. The molecule has 5 rings (SSSR count). The van der Waals surface area contributed by atoms with Crippen molar-refractivity contribution in [3.05, 3.63) is 0 Å². The van der Waals surface area contributed by atoms with Gasteiger partial charge in [-0.25, -0.2) is 0 Å². The lowest BCUT2D eigenvalue weighted by molar-refractivity contribution is -0.302. The smallest absolute Gasteiger partial charge is 0.362 e. The first-order valence-electron chi connectivity index (χ1n) is 8.35. The van der Waals surface area contributed by atoms with E-state index in [1.807, 2.05) is 0 Å². The van der Waals surface area contributed by atoms with Gasteiger partial charge in [-0.05, 0) is 61.7 Å². The predicted molar refractivity (Wildman–Crippen MR) is 76.2 cm³/mol. The monoisotopic (exact) mass is 330 g/mol. The van der Waals surface area contributed by atoms with E-state index in [2.05, 4.69) is 5.10 Å². The zero-order valence-electron chi connectivity index (χ0n) is 12.9. The fraction of sp³-hybridized carbons (Fsp3) is 0.875. The highest BCUT2D eigenvalue weighted by Crippen LogP contribution is 2.61. The molecule has 1 atom stereocenters. The third kappa shape index (κ3) is 2.30. The molecule has 4 nitrogen and oxygen atoms in total. The van der Waals surface area contributed by atoms with Crippen LogP contribution in [-0.2, 0) is 4.79 Å². The van der Waals surface area contributed by atoms with E-state index in [1.165, 1.54) is 19.3 Å². The summed E-state index contributed by atoms with van der Waals surface area (Å²) in [5.41, 5.74) is -3.34. The first-order valence-corrected chi connectivity index (χ1v) is 8.35. The highest BCUT2D eigenvalue weighted by atomic mass is 19.4. The molecule has 4 bridgehead atoms. The summed E-state index contributed by atoms with van der Waals surface area (Å²) >= 11 is 0. The van der Waals surface area contributed by atoms with Crippen molar-refractivity contribution in [2.45, 2.75) is 63.3 Å². The van der Waals surface area contributed by atoms with Crippen LogP contribution in [0.3, 0.4) is 0 Å². The molecule has 1 heterocycles. The molecule has 1 N–H and O–H groups in total. The largest absolute Gasteiger partial charge is 0.438 e. The fourth-order valence-electron chi connectivity index (χ4n) is 5.84. The maximum absolute atomic E-state index is 13.1. The second kappa shape index (κ2) is 4.71. The number of rotatable bonds is 2. The van der Waals surface area contributed by atoms with E-state index < -0.39 is 24.2 Å². The highest BCUT2D eigenvalue weighted by molar-refractivity contribution is 5.81. The van der Waals surface area contributed by atoms with Gasteiger partial charge in [0.1, 0.15) is 0 Å². The van der Waals surface area contributed by atoms with Gasteiger partial charge in [0, 0.05) is 19.1 Å². The van der Waals surface area contributed by atoms with Crippen LogP contribution in [0.1, 0.15) is 51.4 Å². The van der Waals surface area contributed by atoms with Crippen LogP contribution in [-0.4, -0.2) is 34.1 Å². The summed E-state index contributed by atoms with van der Waals surface area (Å²) in [7, 11) is 0. The van der Waals surface area contributed by atoms with Gasteiger partial charge < -0.3 is 5.11 Å². The molecule has 0 radical (unpaired) electrons. The lowest BCUT2D eigenvalue weighted by Crippen LogP contribution is -2.57. The SMILES string of the molecule is O=C(CC12CC3CC(CC(C3)C1)C2)N1N=CC[C@@]1(O)C(F)(F)F. The van der Waals surface area contributed by atoms with Crippen molar-refractivity contribution < 1.29 is 23.1 Å². The molecule has 0 aromatic carbocycles. The Bertz CT molecular complexity index is 525. The number of amides is 1. The zero-order valence-corrected chi connectivity index (χ0v) is 12.9. The van der Waals surface area contributed by atoms with E-state index in [0.717, 1.165) is 25.5 Å².